The van der Waals surface area contributed by atoms with Crippen molar-refractivity contribution in [3.8, 4) is 11.8 Å². The molecule has 1 aromatic carbocycles. The maximum absolute atomic E-state index is 9.31. The Kier molecular flexibility index (Phi) is 4.52. The number of pyridine rings is 1. The summed E-state index contributed by atoms with van der Waals surface area (Å²) in [6.45, 7) is 2.60. The standard InChI is InChI=1S/C16H16N2O/c1-2-19-16-7-5-14(6-8-16)15(11-17)10-13-4-3-9-18-12-13/h3-9,12,15H,2,10H2,1H3. The molecule has 0 aliphatic carbocycles. The van der Waals surface area contributed by atoms with Gasteiger partial charge in [-0.2, -0.15) is 5.26 Å². The van der Waals surface area contributed by atoms with Gasteiger partial charge in [0, 0.05) is 12.4 Å². The zero-order valence-corrected chi connectivity index (χ0v) is 10.9. The minimum atomic E-state index is -0.153. The summed E-state index contributed by atoms with van der Waals surface area (Å²) in [5.74, 6) is 0.684. The molecule has 0 fully saturated rings. The molecule has 0 aliphatic rings. The molecule has 2 rings (SSSR count). The van der Waals surface area contributed by atoms with E-state index in [-0.39, 0.29) is 5.92 Å². The number of nitriles is 1. The van der Waals surface area contributed by atoms with Crippen molar-refractivity contribution >= 4 is 0 Å². The monoisotopic (exact) mass is 252 g/mol. The van der Waals surface area contributed by atoms with E-state index in [1.54, 1.807) is 12.4 Å². The van der Waals surface area contributed by atoms with Crippen molar-refractivity contribution in [3.05, 3.63) is 59.9 Å². The molecular weight excluding hydrogens is 236 g/mol. The Labute approximate surface area is 113 Å². The van der Waals surface area contributed by atoms with Crippen molar-refractivity contribution in [2.24, 2.45) is 0 Å². The molecule has 1 heterocycles. The zero-order chi connectivity index (χ0) is 13.5. The molecule has 0 spiro atoms. The van der Waals surface area contributed by atoms with Gasteiger partial charge in [0.05, 0.1) is 18.6 Å². The summed E-state index contributed by atoms with van der Waals surface area (Å²) in [6, 6.07) is 14.0. The largest absolute Gasteiger partial charge is 0.494 e. The molecule has 96 valence electrons. The summed E-state index contributed by atoms with van der Waals surface area (Å²) in [5, 5.41) is 9.31. The molecule has 0 saturated carbocycles. The van der Waals surface area contributed by atoms with Crippen molar-refractivity contribution in [1.82, 2.24) is 4.98 Å². The van der Waals surface area contributed by atoms with E-state index in [1.165, 1.54) is 0 Å². The SMILES string of the molecule is CCOc1ccc(C(C#N)Cc2cccnc2)cc1. The molecule has 0 saturated heterocycles. The molecule has 0 bridgehead atoms. The highest BCUT2D eigenvalue weighted by Gasteiger charge is 2.11. The van der Waals surface area contributed by atoms with Gasteiger partial charge in [-0.05, 0) is 42.7 Å². The Morgan fingerprint density at radius 1 is 1.26 bits per heavy atom. The lowest BCUT2D eigenvalue weighted by atomic mass is 9.94. The van der Waals surface area contributed by atoms with Crippen LogP contribution in [0.25, 0.3) is 0 Å². The predicted molar refractivity (Wildman–Crippen MR) is 73.9 cm³/mol. The number of benzene rings is 1. The van der Waals surface area contributed by atoms with Crippen LogP contribution in [0.3, 0.4) is 0 Å². The molecule has 2 aromatic rings. The van der Waals surface area contributed by atoms with Gasteiger partial charge >= 0.3 is 0 Å². The van der Waals surface area contributed by atoms with Crippen molar-refractivity contribution < 1.29 is 4.74 Å². The van der Waals surface area contributed by atoms with Crippen LogP contribution in [0.2, 0.25) is 0 Å². The molecule has 0 N–H and O–H groups in total. The highest BCUT2D eigenvalue weighted by Crippen LogP contribution is 2.22. The van der Waals surface area contributed by atoms with Gasteiger partial charge in [-0.15, -0.1) is 0 Å². The Balaban J connectivity index is 2.12. The van der Waals surface area contributed by atoms with E-state index in [0.29, 0.717) is 13.0 Å². The second kappa shape index (κ2) is 6.55. The highest BCUT2D eigenvalue weighted by molar-refractivity contribution is 5.33. The number of nitrogens with zero attached hydrogens (tertiary/aromatic N) is 2. The Hall–Kier alpha value is -2.34. The molecule has 3 nitrogen and oxygen atoms in total. The third-order valence-corrected chi connectivity index (χ3v) is 2.91. The van der Waals surface area contributed by atoms with Crippen LogP contribution in [0.4, 0.5) is 0 Å². The van der Waals surface area contributed by atoms with Crippen LogP contribution in [0.1, 0.15) is 24.0 Å². The van der Waals surface area contributed by atoms with Gasteiger partial charge in [0.1, 0.15) is 5.75 Å². The minimum absolute atomic E-state index is 0.153. The maximum Gasteiger partial charge on any atom is 0.119 e. The van der Waals surface area contributed by atoms with E-state index >= 15 is 0 Å². The first kappa shape index (κ1) is 13.1. The smallest absolute Gasteiger partial charge is 0.119 e. The van der Waals surface area contributed by atoms with E-state index in [1.807, 2.05) is 43.3 Å². The van der Waals surface area contributed by atoms with Gasteiger partial charge in [-0.1, -0.05) is 18.2 Å². The summed E-state index contributed by atoms with van der Waals surface area (Å²) in [6.07, 6.45) is 4.22. The predicted octanol–water partition coefficient (Wildman–Crippen LogP) is 3.33. The van der Waals surface area contributed by atoms with E-state index in [4.69, 9.17) is 4.74 Å². The van der Waals surface area contributed by atoms with Crippen LogP contribution in [-0.2, 0) is 6.42 Å². The molecule has 1 unspecified atom stereocenters. The van der Waals surface area contributed by atoms with Crippen LogP contribution in [-0.4, -0.2) is 11.6 Å². The first-order valence-corrected chi connectivity index (χ1v) is 6.34. The van der Waals surface area contributed by atoms with E-state index in [9.17, 15) is 5.26 Å². The number of rotatable bonds is 5. The Bertz CT molecular complexity index is 543. The second-order valence-corrected chi connectivity index (χ2v) is 4.25. The van der Waals surface area contributed by atoms with E-state index in [0.717, 1.165) is 16.9 Å². The number of hydrogen-bond donors (Lipinski definition) is 0. The second-order valence-electron chi connectivity index (χ2n) is 4.25. The van der Waals surface area contributed by atoms with Gasteiger partial charge in [0.25, 0.3) is 0 Å². The van der Waals surface area contributed by atoms with Crippen molar-refractivity contribution in [3.63, 3.8) is 0 Å². The first-order valence-electron chi connectivity index (χ1n) is 6.34. The van der Waals surface area contributed by atoms with Gasteiger partial charge < -0.3 is 4.74 Å². The lowest BCUT2D eigenvalue weighted by molar-refractivity contribution is 0.340. The summed E-state index contributed by atoms with van der Waals surface area (Å²) in [5.41, 5.74) is 2.08. The van der Waals surface area contributed by atoms with Gasteiger partial charge in [-0.3, -0.25) is 4.98 Å². The summed E-state index contributed by atoms with van der Waals surface area (Å²) in [7, 11) is 0. The minimum Gasteiger partial charge on any atom is -0.494 e. The van der Waals surface area contributed by atoms with Crippen LogP contribution >= 0.6 is 0 Å². The maximum atomic E-state index is 9.31. The zero-order valence-electron chi connectivity index (χ0n) is 10.9. The van der Waals surface area contributed by atoms with Gasteiger partial charge in [0.15, 0.2) is 0 Å². The molecule has 0 aliphatic heterocycles. The fourth-order valence-electron chi connectivity index (χ4n) is 1.96. The van der Waals surface area contributed by atoms with Crippen LogP contribution in [0.15, 0.2) is 48.8 Å². The molecule has 0 radical (unpaired) electrons. The van der Waals surface area contributed by atoms with E-state index in [2.05, 4.69) is 11.1 Å². The molecule has 1 atom stereocenters. The number of hydrogen-bond acceptors (Lipinski definition) is 3. The molecule has 3 heteroatoms. The fourth-order valence-corrected chi connectivity index (χ4v) is 1.96. The van der Waals surface area contributed by atoms with Gasteiger partial charge in [0.2, 0.25) is 0 Å². The summed E-state index contributed by atoms with van der Waals surface area (Å²) >= 11 is 0. The third-order valence-electron chi connectivity index (χ3n) is 2.91. The van der Waals surface area contributed by atoms with Crippen molar-refractivity contribution in [1.29, 1.82) is 5.26 Å². The van der Waals surface area contributed by atoms with Crippen LogP contribution < -0.4 is 4.74 Å². The normalized spacial score (nSPS) is 11.6. The van der Waals surface area contributed by atoms with Crippen LogP contribution in [0.5, 0.6) is 5.75 Å². The van der Waals surface area contributed by atoms with E-state index < -0.39 is 0 Å². The fraction of sp³-hybridized carbons (Fsp3) is 0.250. The third kappa shape index (κ3) is 3.56. The summed E-state index contributed by atoms with van der Waals surface area (Å²) in [4.78, 5) is 4.07. The lowest BCUT2D eigenvalue weighted by Crippen LogP contribution is -2.01. The molecule has 0 amide bonds. The average Bonchev–Trinajstić information content (AvgIpc) is 2.47. The Morgan fingerprint density at radius 2 is 2.05 bits per heavy atom. The van der Waals surface area contributed by atoms with Crippen molar-refractivity contribution in [2.45, 2.75) is 19.3 Å². The average molecular weight is 252 g/mol. The lowest BCUT2D eigenvalue weighted by Gasteiger charge is -2.10. The summed E-state index contributed by atoms with van der Waals surface area (Å²) < 4.78 is 5.40. The molecule has 19 heavy (non-hydrogen) atoms. The van der Waals surface area contributed by atoms with Crippen molar-refractivity contribution in [2.75, 3.05) is 6.61 Å². The number of aromatic nitrogens is 1. The quantitative estimate of drug-likeness (QED) is 0.820. The first-order chi connectivity index (χ1) is 9.33. The van der Waals surface area contributed by atoms with Gasteiger partial charge in [-0.25, -0.2) is 0 Å². The molecule has 1 aromatic heterocycles. The van der Waals surface area contributed by atoms with Crippen LogP contribution in [0, 0.1) is 11.3 Å². The highest BCUT2D eigenvalue weighted by atomic mass is 16.5. The Morgan fingerprint density at radius 3 is 2.63 bits per heavy atom. The molecular formula is C16H16N2O. The topological polar surface area (TPSA) is 45.9 Å². The number of ether oxygens (including phenoxy) is 1.